The molecular weight excluding hydrogens is 344 g/mol. The third kappa shape index (κ3) is 3.12. The van der Waals surface area contributed by atoms with E-state index in [4.69, 9.17) is 14.7 Å². The summed E-state index contributed by atoms with van der Waals surface area (Å²) in [7, 11) is 0. The molecule has 1 aliphatic carbocycles. The number of thiophene rings is 1. The Morgan fingerprint density at radius 1 is 1.12 bits per heavy atom. The summed E-state index contributed by atoms with van der Waals surface area (Å²) in [4.78, 5) is 17.9. The Morgan fingerprint density at radius 3 is 2.73 bits per heavy atom. The molecule has 0 aromatic carbocycles. The van der Waals surface area contributed by atoms with Gasteiger partial charge in [-0.25, -0.2) is 9.97 Å². The average Bonchev–Trinajstić information content (AvgIpc) is 3.29. The fourth-order valence-electron chi connectivity index (χ4n) is 4.55. The van der Waals surface area contributed by atoms with Crippen LogP contribution in [0.1, 0.15) is 42.5 Å². The highest BCUT2D eigenvalue weighted by Gasteiger charge is 2.27. The second-order valence-electron chi connectivity index (χ2n) is 8.08. The number of morpholine rings is 1. The molecule has 1 atom stereocenters. The van der Waals surface area contributed by atoms with Crippen molar-refractivity contribution >= 4 is 27.4 Å². The molecule has 3 aliphatic rings. The molecule has 2 aromatic heterocycles. The topological polar surface area (TPSA) is 41.5 Å². The summed E-state index contributed by atoms with van der Waals surface area (Å²) in [6, 6.07) is 0. The first kappa shape index (κ1) is 16.9. The lowest BCUT2D eigenvalue weighted by molar-refractivity contribution is 0.0331. The van der Waals surface area contributed by atoms with Crippen LogP contribution in [0.15, 0.2) is 0 Å². The van der Waals surface area contributed by atoms with Crippen LogP contribution in [0.5, 0.6) is 0 Å². The van der Waals surface area contributed by atoms with E-state index in [0.29, 0.717) is 0 Å². The van der Waals surface area contributed by atoms with Crippen molar-refractivity contribution in [1.29, 1.82) is 0 Å². The van der Waals surface area contributed by atoms with E-state index in [0.717, 1.165) is 57.7 Å². The van der Waals surface area contributed by atoms with E-state index in [9.17, 15) is 0 Å². The highest BCUT2D eigenvalue weighted by molar-refractivity contribution is 7.19. The summed E-state index contributed by atoms with van der Waals surface area (Å²) >= 11 is 1.93. The molecule has 0 radical (unpaired) electrons. The van der Waals surface area contributed by atoms with Crippen molar-refractivity contribution in [1.82, 2.24) is 14.9 Å². The van der Waals surface area contributed by atoms with E-state index in [-0.39, 0.29) is 0 Å². The van der Waals surface area contributed by atoms with Crippen LogP contribution >= 0.6 is 11.3 Å². The Hall–Kier alpha value is -1.24. The number of hydrogen-bond acceptors (Lipinski definition) is 6. The Labute approximate surface area is 159 Å². The lowest BCUT2D eigenvalue weighted by Gasteiger charge is -2.26. The molecule has 0 N–H and O–H groups in total. The van der Waals surface area contributed by atoms with Crippen molar-refractivity contribution in [3.8, 4) is 0 Å². The number of anilines is 1. The van der Waals surface area contributed by atoms with Crippen molar-refractivity contribution in [2.75, 3.05) is 44.3 Å². The van der Waals surface area contributed by atoms with Gasteiger partial charge in [-0.1, -0.05) is 6.92 Å². The van der Waals surface area contributed by atoms with Gasteiger partial charge in [0, 0.05) is 31.1 Å². The zero-order chi connectivity index (χ0) is 17.5. The van der Waals surface area contributed by atoms with Gasteiger partial charge in [0.1, 0.15) is 16.5 Å². The van der Waals surface area contributed by atoms with Gasteiger partial charge in [0.25, 0.3) is 0 Å². The molecule has 6 heteroatoms. The number of fused-ring (bicyclic) bond motifs is 3. The van der Waals surface area contributed by atoms with E-state index in [2.05, 4.69) is 16.7 Å². The summed E-state index contributed by atoms with van der Waals surface area (Å²) in [5, 5.41) is 1.38. The summed E-state index contributed by atoms with van der Waals surface area (Å²) in [5.41, 5.74) is 1.56. The minimum atomic E-state index is 0.798. The summed E-state index contributed by atoms with van der Waals surface area (Å²) < 4.78 is 5.49. The Morgan fingerprint density at radius 2 is 1.92 bits per heavy atom. The van der Waals surface area contributed by atoms with Gasteiger partial charge in [-0.3, -0.25) is 4.90 Å². The number of aryl methyl sites for hydroxylation is 1. The third-order valence-corrected chi connectivity index (χ3v) is 7.20. The van der Waals surface area contributed by atoms with E-state index < -0.39 is 0 Å². The Kier molecular flexibility index (Phi) is 4.59. The molecule has 26 heavy (non-hydrogen) atoms. The first-order valence-electron chi connectivity index (χ1n) is 10.1. The van der Waals surface area contributed by atoms with Crippen molar-refractivity contribution in [3.05, 3.63) is 16.3 Å². The first-order chi connectivity index (χ1) is 12.8. The summed E-state index contributed by atoms with van der Waals surface area (Å²) in [6.07, 6.45) is 6.28. The lowest BCUT2D eigenvalue weighted by atomic mass is 9.89. The third-order valence-electron chi connectivity index (χ3n) is 6.06. The maximum atomic E-state index is 5.49. The molecule has 0 amide bonds. The molecule has 2 fully saturated rings. The molecule has 0 spiro atoms. The van der Waals surface area contributed by atoms with E-state index in [1.54, 1.807) is 10.4 Å². The molecule has 5 nitrogen and oxygen atoms in total. The van der Waals surface area contributed by atoms with Gasteiger partial charge in [0.15, 0.2) is 0 Å². The fourth-order valence-corrected chi connectivity index (χ4v) is 5.95. The summed E-state index contributed by atoms with van der Waals surface area (Å²) in [5.74, 6) is 3.02. The van der Waals surface area contributed by atoms with Crippen LogP contribution in [-0.4, -0.2) is 54.3 Å². The normalized spacial score (nSPS) is 24.3. The van der Waals surface area contributed by atoms with Gasteiger partial charge in [0.2, 0.25) is 0 Å². The predicted octanol–water partition coefficient (Wildman–Crippen LogP) is 3.25. The number of rotatable bonds is 3. The van der Waals surface area contributed by atoms with Crippen molar-refractivity contribution in [2.45, 2.75) is 45.6 Å². The first-order valence-corrected chi connectivity index (χ1v) is 11.0. The average molecular weight is 373 g/mol. The standard InChI is InChI=1S/C20H28N4OS/c1-14-4-5-15-16(12-14)26-20-18(15)19(24-6-2-3-7-24)21-17(22-20)13-23-8-10-25-11-9-23/h14H,2-13H2,1H3/t14-/m1/s1. The van der Waals surface area contributed by atoms with Crippen molar-refractivity contribution in [3.63, 3.8) is 0 Å². The van der Waals surface area contributed by atoms with Crippen molar-refractivity contribution < 1.29 is 4.74 Å². The van der Waals surface area contributed by atoms with Crippen LogP contribution < -0.4 is 4.90 Å². The van der Waals surface area contributed by atoms with Gasteiger partial charge >= 0.3 is 0 Å². The molecule has 140 valence electrons. The van der Waals surface area contributed by atoms with Crippen LogP contribution in [0.25, 0.3) is 10.2 Å². The molecule has 0 saturated carbocycles. The summed E-state index contributed by atoms with van der Waals surface area (Å²) in [6.45, 7) is 9.13. The highest BCUT2D eigenvalue weighted by atomic mass is 32.1. The van der Waals surface area contributed by atoms with Gasteiger partial charge in [-0.05, 0) is 43.6 Å². The van der Waals surface area contributed by atoms with Crippen LogP contribution in [0.4, 0.5) is 5.82 Å². The fraction of sp³-hybridized carbons (Fsp3) is 0.700. The lowest BCUT2D eigenvalue weighted by Crippen LogP contribution is -2.36. The Balaban J connectivity index is 1.56. The molecular formula is C20H28N4OS. The second kappa shape index (κ2) is 7.06. The number of hydrogen-bond donors (Lipinski definition) is 0. The molecule has 4 heterocycles. The second-order valence-corrected chi connectivity index (χ2v) is 9.16. The van der Waals surface area contributed by atoms with E-state index in [1.165, 1.54) is 48.1 Å². The largest absolute Gasteiger partial charge is 0.379 e. The highest BCUT2D eigenvalue weighted by Crippen LogP contribution is 2.41. The monoisotopic (exact) mass is 372 g/mol. The number of aromatic nitrogens is 2. The van der Waals surface area contributed by atoms with Gasteiger partial charge in [0.05, 0.1) is 25.1 Å². The van der Waals surface area contributed by atoms with Crippen molar-refractivity contribution in [2.24, 2.45) is 5.92 Å². The predicted molar refractivity (Wildman–Crippen MR) is 106 cm³/mol. The zero-order valence-corrected chi connectivity index (χ0v) is 16.5. The maximum absolute atomic E-state index is 5.49. The van der Waals surface area contributed by atoms with Crippen LogP contribution in [0.3, 0.4) is 0 Å². The minimum Gasteiger partial charge on any atom is -0.379 e. The molecule has 0 unspecified atom stereocenters. The number of nitrogens with zero attached hydrogens (tertiary/aromatic N) is 4. The van der Waals surface area contributed by atoms with Crippen LogP contribution in [-0.2, 0) is 24.1 Å². The molecule has 2 aromatic rings. The van der Waals surface area contributed by atoms with E-state index >= 15 is 0 Å². The smallest absolute Gasteiger partial charge is 0.146 e. The zero-order valence-electron chi connectivity index (χ0n) is 15.7. The molecule has 2 aliphatic heterocycles. The van der Waals surface area contributed by atoms with E-state index in [1.807, 2.05) is 11.3 Å². The molecule has 2 saturated heterocycles. The van der Waals surface area contributed by atoms with Gasteiger partial charge in [-0.2, -0.15) is 0 Å². The Bertz CT molecular complexity index is 793. The van der Waals surface area contributed by atoms with Gasteiger partial charge in [-0.15, -0.1) is 11.3 Å². The number of ether oxygens (including phenoxy) is 1. The SMILES string of the molecule is C[C@@H]1CCc2c(sc3nc(CN4CCOCC4)nc(N4CCCC4)c23)C1. The van der Waals surface area contributed by atoms with Crippen LogP contribution in [0.2, 0.25) is 0 Å². The quantitative estimate of drug-likeness (QED) is 0.827. The van der Waals surface area contributed by atoms with Crippen LogP contribution in [0, 0.1) is 5.92 Å². The minimum absolute atomic E-state index is 0.798. The molecule has 5 rings (SSSR count). The molecule has 0 bridgehead atoms. The maximum Gasteiger partial charge on any atom is 0.146 e. The van der Waals surface area contributed by atoms with Gasteiger partial charge < -0.3 is 9.64 Å².